The van der Waals surface area contributed by atoms with Crippen LogP contribution in [0.3, 0.4) is 0 Å². The largest absolute Gasteiger partial charge is 0.455 e. The fraction of sp³-hybridized carbons (Fsp3) is 0.0233. The highest BCUT2D eigenvalue weighted by atomic mass is 35.5. The van der Waals surface area contributed by atoms with E-state index >= 15 is 0 Å². The van der Waals surface area contributed by atoms with Crippen LogP contribution in [0.5, 0.6) is 57.5 Å². The van der Waals surface area contributed by atoms with Gasteiger partial charge >= 0.3 is 0 Å². The maximum absolute atomic E-state index is 6.73. The highest BCUT2D eigenvalue weighted by Gasteiger charge is 2.38. The van der Waals surface area contributed by atoms with Crippen molar-refractivity contribution in [1.82, 2.24) is 0 Å². The number of ether oxygens (including phenoxy) is 5. The number of hydrogen-bond acceptors (Lipinski definition) is 15. The number of nitrogens with zero attached hydrogens (tertiary/aromatic N) is 5. The van der Waals surface area contributed by atoms with Gasteiger partial charge in [-0.2, -0.15) is 0 Å². The van der Waals surface area contributed by atoms with E-state index in [9.17, 15) is 0 Å². The molecule has 0 fully saturated rings. The van der Waals surface area contributed by atoms with Crippen LogP contribution in [-0.2, 0) is 5.41 Å². The molecule has 149 heavy (non-hydrogen) atoms. The molecule has 0 N–H and O–H groups in total. The van der Waals surface area contributed by atoms with E-state index in [1.54, 1.807) is 58.8 Å². The van der Waals surface area contributed by atoms with Crippen LogP contribution in [-0.4, -0.2) is 0 Å². The molecular formula is C129H88Cl5N5O5S5. The maximum atomic E-state index is 6.73. The van der Waals surface area contributed by atoms with E-state index in [0.717, 1.165) is 192 Å². The van der Waals surface area contributed by atoms with Gasteiger partial charge in [0.05, 0.1) is 81.7 Å². The van der Waals surface area contributed by atoms with Crippen LogP contribution < -0.4 is 48.2 Å². The molecule has 0 saturated heterocycles. The van der Waals surface area contributed by atoms with Crippen LogP contribution in [0.15, 0.2) is 546 Å². The number of anilines is 15. The quantitative estimate of drug-likeness (QED) is 0.0978. The average Bonchev–Trinajstić information content (AvgIpc) is 1.58. The smallest absolute Gasteiger partial charge is 0.165 e. The Balaban J connectivity index is 0.000000103. The highest BCUT2D eigenvalue weighted by molar-refractivity contribution is 8.00. The molecule has 20 heteroatoms. The van der Waals surface area contributed by atoms with Crippen LogP contribution in [0, 0.1) is 0 Å². The first-order valence-electron chi connectivity index (χ1n) is 48.3. The standard InChI is InChI=1S/C33H24ClNOS.4C24H16ClNOS/c1-33(2)26-13-7-6-12-24(26)25-20-23(16-17-27(25)33)35(22-10-4-3-5-11-22)28-18-21(34)19-31-32(28)36-29-14-8-9-15-30(29)37-31;25-17-15-20(24-23(16-17)28-22-14-8-7-13-21(22)27-24)26(18-9-3-1-4-10-18)19-11-5-2-6-12-19;25-20-15-19(16-22-24(20)28-23-14-8-7-13-21(23)27-22)26(17-9-3-1-4-10-17)18-11-5-2-6-12-18;25-17-14-15-21-23(16-17)28-22-13-7-12-20(24(22)27-21)26(18-8-3-1-4-9-18)19-10-5-2-6-11-19;25-20-12-7-13-21-24(20)28-23-15-14-19(16-22(23)27-21)26(17-8-3-1-4-9-17)18-10-5-2-6-11-18/h3-20H,1-2H3;4*1-16H. The zero-order valence-corrected chi connectivity index (χ0v) is 87.9. The molecule has 724 valence electrons. The van der Waals surface area contributed by atoms with E-state index < -0.39 is 0 Å². The zero-order chi connectivity index (χ0) is 101. The van der Waals surface area contributed by atoms with Gasteiger partial charge in [-0.05, 0) is 265 Å². The van der Waals surface area contributed by atoms with Crippen LogP contribution in [0.4, 0.5) is 85.3 Å². The van der Waals surface area contributed by atoms with Crippen LogP contribution in [0.2, 0.25) is 25.1 Å². The van der Waals surface area contributed by atoms with E-state index in [2.05, 4.69) is 257 Å². The normalized spacial score (nSPS) is 12.4. The second kappa shape index (κ2) is 43.7. The second-order valence-electron chi connectivity index (χ2n) is 35.6. The summed E-state index contributed by atoms with van der Waals surface area (Å²) in [7, 11) is 0. The summed E-state index contributed by atoms with van der Waals surface area (Å²) in [4.78, 5) is 21.4. The van der Waals surface area contributed by atoms with Crippen LogP contribution >= 0.6 is 117 Å². The molecule has 0 atom stereocenters. The third kappa shape index (κ3) is 20.6. The van der Waals surface area contributed by atoms with Gasteiger partial charge < -0.3 is 48.2 Å². The Morgan fingerprint density at radius 1 is 0.181 bits per heavy atom. The molecule has 21 aromatic rings. The van der Waals surface area contributed by atoms with E-state index in [1.807, 2.05) is 279 Å². The molecule has 0 radical (unpaired) electrons. The van der Waals surface area contributed by atoms with Crippen molar-refractivity contribution >= 4 is 202 Å². The van der Waals surface area contributed by atoms with Gasteiger partial charge in [-0.3, -0.25) is 0 Å². The van der Waals surface area contributed by atoms with Crippen molar-refractivity contribution in [3.63, 3.8) is 0 Å². The van der Waals surface area contributed by atoms with Gasteiger partial charge in [0.2, 0.25) is 0 Å². The minimum absolute atomic E-state index is 0.0410. The molecule has 5 aliphatic heterocycles. The molecule has 5 heterocycles. The highest BCUT2D eigenvalue weighted by Crippen LogP contribution is 2.62. The SMILES string of the molecule is CC1(C)c2ccccc2-c2cc(N(c3ccccc3)c3cc(Cl)cc4c3Oc3ccccc3S4)ccc21.Clc1cc(N(c2ccccc2)c2ccccc2)cc2c1Sc1ccccc1O2.Clc1cc2c(c(N(c3ccccc3)c3ccccc3)c1)Oc1ccccc1S2.Clc1ccc2c(c1)Sc1cccc(N(c3ccccc3)c3ccccc3)c1O2.Clc1cccc2c1Sc1ccc(N(c3ccccc3)c3ccccc3)cc1O2. The lowest BCUT2D eigenvalue weighted by Crippen LogP contribution is -2.15. The number of para-hydroxylation sites is 13. The van der Waals surface area contributed by atoms with Gasteiger partial charge in [-0.25, -0.2) is 0 Å². The predicted octanol–water partition coefficient (Wildman–Crippen LogP) is 42.6. The van der Waals surface area contributed by atoms with Gasteiger partial charge in [-0.15, -0.1) is 0 Å². The summed E-state index contributed by atoms with van der Waals surface area (Å²) in [6.45, 7) is 4.62. The van der Waals surface area contributed by atoms with Crippen molar-refractivity contribution in [3.05, 3.63) is 534 Å². The lowest BCUT2D eigenvalue weighted by atomic mass is 9.82. The molecule has 10 nitrogen and oxygen atoms in total. The number of rotatable bonds is 15. The Kier molecular flexibility index (Phi) is 28.5. The maximum Gasteiger partial charge on any atom is 0.165 e. The van der Waals surface area contributed by atoms with Gasteiger partial charge in [0.15, 0.2) is 17.2 Å². The average molecular weight is 2130 g/mol. The van der Waals surface area contributed by atoms with E-state index in [-0.39, 0.29) is 5.41 Å². The molecule has 0 unspecified atom stereocenters. The number of hydrogen-bond donors (Lipinski definition) is 0. The Hall–Kier alpha value is -15.2. The number of halogens is 5. The summed E-state index contributed by atoms with van der Waals surface area (Å²) in [5.41, 5.74) is 20.8. The van der Waals surface area contributed by atoms with E-state index in [4.69, 9.17) is 81.7 Å². The van der Waals surface area contributed by atoms with Crippen molar-refractivity contribution in [2.75, 3.05) is 24.5 Å². The predicted molar refractivity (Wildman–Crippen MR) is 621 cm³/mol. The third-order valence-electron chi connectivity index (χ3n) is 25.6. The number of fused-ring (bicyclic) bond motifs is 13. The Labute approximate surface area is 912 Å². The van der Waals surface area contributed by atoms with Crippen molar-refractivity contribution in [2.24, 2.45) is 0 Å². The monoisotopic (exact) mass is 2120 g/mol. The lowest BCUT2D eigenvalue weighted by molar-refractivity contribution is 0.454. The summed E-state index contributed by atoms with van der Waals surface area (Å²) < 4.78 is 31.7. The van der Waals surface area contributed by atoms with Crippen LogP contribution in [0.1, 0.15) is 25.0 Å². The topological polar surface area (TPSA) is 62.3 Å². The molecule has 0 spiro atoms. The van der Waals surface area contributed by atoms with Crippen molar-refractivity contribution in [1.29, 1.82) is 0 Å². The Morgan fingerprint density at radius 2 is 0.510 bits per heavy atom. The van der Waals surface area contributed by atoms with Gasteiger partial charge in [0, 0.05) is 95.2 Å². The molecule has 0 saturated carbocycles. The van der Waals surface area contributed by atoms with Crippen LogP contribution in [0.25, 0.3) is 11.1 Å². The summed E-state index contributed by atoms with van der Waals surface area (Å²) >= 11 is 40.8. The first kappa shape index (κ1) is 97.2. The molecule has 6 aliphatic rings. The minimum atomic E-state index is -0.0410. The van der Waals surface area contributed by atoms with E-state index in [0.29, 0.717) is 25.1 Å². The lowest BCUT2D eigenvalue weighted by Gasteiger charge is -2.31. The molecule has 21 aromatic carbocycles. The second-order valence-corrected chi connectivity index (χ2v) is 43.1. The summed E-state index contributed by atoms with van der Waals surface area (Å²) in [6.07, 6.45) is 0. The van der Waals surface area contributed by atoms with Crippen molar-refractivity contribution in [2.45, 2.75) is 68.2 Å². The molecule has 0 aromatic heterocycles. The summed E-state index contributed by atoms with van der Waals surface area (Å²) in [5, 5.41) is 3.47. The summed E-state index contributed by atoms with van der Waals surface area (Å²) in [6, 6.07) is 169. The van der Waals surface area contributed by atoms with Gasteiger partial charge in [-0.1, -0.05) is 373 Å². The first-order chi connectivity index (χ1) is 73.2. The van der Waals surface area contributed by atoms with Crippen molar-refractivity contribution < 1.29 is 23.7 Å². The fourth-order valence-electron chi connectivity index (χ4n) is 18.9. The Morgan fingerprint density at radius 3 is 1.00 bits per heavy atom. The molecule has 0 amide bonds. The minimum Gasteiger partial charge on any atom is -0.455 e. The fourth-order valence-corrected chi connectivity index (χ4v) is 25.2. The molecule has 27 rings (SSSR count). The van der Waals surface area contributed by atoms with E-state index in [1.165, 1.54) is 22.3 Å². The summed E-state index contributed by atoms with van der Waals surface area (Å²) in [5.74, 6) is 8.33. The van der Waals surface area contributed by atoms with Gasteiger partial charge in [0.1, 0.15) is 40.2 Å². The first-order valence-corrected chi connectivity index (χ1v) is 54.3. The molecular weight excluding hydrogens is 2040 g/mol. The molecule has 0 bridgehead atoms. The third-order valence-corrected chi connectivity index (χ3v) is 32.7. The van der Waals surface area contributed by atoms with Gasteiger partial charge in [0.25, 0.3) is 0 Å². The Bertz CT molecular complexity index is 8320. The number of benzene rings is 21. The zero-order valence-electron chi connectivity index (χ0n) is 80.1. The van der Waals surface area contributed by atoms with Crippen molar-refractivity contribution in [3.8, 4) is 68.6 Å². The molecule has 1 aliphatic carbocycles.